The Kier molecular flexibility index (Phi) is 6.75. The number of hydrogen-bond acceptors (Lipinski definition) is 6. The van der Waals surface area contributed by atoms with Crippen LogP contribution >= 0.6 is 0 Å². The van der Waals surface area contributed by atoms with Crippen LogP contribution < -0.4 is 21.1 Å². The molecule has 202 valence electrons. The third-order valence-electron chi connectivity index (χ3n) is 6.77. The van der Waals surface area contributed by atoms with Crippen molar-refractivity contribution in [2.75, 3.05) is 0 Å². The van der Waals surface area contributed by atoms with E-state index < -0.39 is 17.4 Å². The highest BCUT2D eigenvalue weighted by Gasteiger charge is 2.27. The first-order chi connectivity index (χ1) is 18.5. The van der Waals surface area contributed by atoms with E-state index in [0.717, 1.165) is 24.0 Å². The van der Waals surface area contributed by atoms with E-state index in [4.69, 9.17) is 9.94 Å². The first-order valence-electron chi connectivity index (χ1n) is 12.6. The molecule has 2 aromatic carbocycles. The molecule has 0 aliphatic heterocycles. The minimum atomic E-state index is -1.09. The molecular weight excluding hydrogens is 500 g/mol. The number of fused-ring (bicyclic) bond motifs is 1. The number of nitrogens with one attached hydrogen (secondary N) is 3. The number of hydroxylamine groups is 1. The lowest BCUT2D eigenvalue weighted by Crippen LogP contribution is -2.23. The highest BCUT2D eigenvalue weighted by molar-refractivity contribution is 6.03. The number of aryl methyl sites for hydroxylation is 1. The summed E-state index contributed by atoms with van der Waals surface area (Å²) in [7, 11) is 1.65. The van der Waals surface area contributed by atoms with Crippen LogP contribution in [0.5, 0.6) is 5.75 Å². The molecule has 5 rings (SSSR count). The van der Waals surface area contributed by atoms with Gasteiger partial charge in [-0.3, -0.25) is 19.6 Å². The van der Waals surface area contributed by atoms with Crippen molar-refractivity contribution in [3.05, 3.63) is 87.5 Å². The molecule has 2 aromatic heterocycles. The second-order valence-electron chi connectivity index (χ2n) is 10.3. The van der Waals surface area contributed by atoms with Crippen molar-refractivity contribution in [1.29, 1.82) is 0 Å². The van der Waals surface area contributed by atoms with Gasteiger partial charge < -0.3 is 24.7 Å². The van der Waals surface area contributed by atoms with E-state index in [0.29, 0.717) is 22.3 Å². The van der Waals surface area contributed by atoms with Crippen molar-refractivity contribution in [2.45, 2.75) is 44.9 Å². The van der Waals surface area contributed by atoms with Crippen molar-refractivity contribution in [2.24, 2.45) is 7.05 Å². The van der Waals surface area contributed by atoms with Crippen molar-refractivity contribution in [3.8, 4) is 16.9 Å². The fourth-order valence-corrected chi connectivity index (χ4v) is 4.38. The molecule has 1 aliphatic carbocycles. The normalized spacial score (nSPS) is 13.4. The topological polar surface area (TPSA) is 146 Å². The molecule has 39 heavy (non-hydrogen) atoms. The number of amides is 2. The van der Waals surface area contributed by atoms with Crippen LogP contribution in [0.1, 0.15) is 58.7 Å². The van der Waals surface area contributed by atoms with Gasteiger partial charge in [0.2, 0.25) is 0 Å². The number of ether oxygens (including phenoxy) is 1. The summed E-state index contributed by atoms with van der Waals surface area (Å²) in [5.41, 5.74) is 3.84. The highest BCUT2D eigenvalue weighted by atomic mass is 16.5. The zero-order valence-corrected chi connectivity index (χ0v) is 21.9. The SMILES string of the molecule is Cn1cc(-c2cc(C(C)(C)O)ccc2OC2CC2)c2cc(C(=O)NCc3ccc(C(=O)NO)cc3)[nH]c2c1=O. The van der Waals surface area contributed by atoms with Gasteiger partial charge in [0.05, 0.1) is 11.7 Å². The quantitative estimate of drug-likeness (QED) is 0.174. The maximum atomic E-state index is 13.1. The lowest BCUT2D eigenvalue weighted by molar-refractivity contribution is 0.0706. The van der Waals surface area contributed by atoms with Crippen LogP contribution in [0.25, 0.3) is 22.0 Å². The maximum absolute atomic E-state index is 13.1. The van der Waals surface area contributed by atoms with E-state index in [-0.39, 0.29) is 35.0 Å². The standard InChI is InChI=1S/C29H30N4O6/c1-29(2,37)18-8-11-24(39-19-9-10-19)20(12-18)22-15-33(3)28(36)25-21(22)13-23(31-25)27(35)30-14-16-4-6-17(7-5-16)26(34)32-38/h4-8,11-13,15,19,31,37-38H,9-10,14H2,1-3H3,(H,30,35)(H,32,34). The molecule has 0 saturated heterocycles. The Balaban J connectivity index is 1.50. The van der Waals surface area contributed by atoms with E-state index in [2.05, 4.69) is 10.3 Å². The number of H-pyrrole nitrogens is 1. The lowest BCUT2D eigenvalue weighted by Gasteiger charge is -2.21. The molecule has 0 atom stereocenters. The molecule has 2 heterocycles. The number of benzene rings is 2. The van der Waals surface area contributed by atoms with E-state index in [9.17, 15) is 19.5 Å². The number of aromatic amines is 1. The molecule has 0 bridgehead atoms. The summed E-state index contributed by atoms with van der Waals surface area (Å²) < 4.78 is 7.63. The number of rotatable bonds is 8. The van der Waals surface area contributed by atoms with Crippen molar-refractivity contribution >= 4 is 22.7 Å². The number of nitrogens with zero attached hydrogens (tertiary/aromatic N) is 1. The Labute approximate surface area is 224 Å². The van der Waals surface area contributed by atoms with E-state index in [1.54, 1.807) is 50.8 Å². The highest BCUT2D eigenvalue weighted by Crippen LogP contribution is 2.39. The fraction of sp³-hybridized carbons (Fsp3) is 0.276. The Morgan fingerprint density at radius 2 is 1.79 bits per heavy atom. The summed E-state index contributed by atoms with van der Waals surface area (Å²) in [6.07, 6.45) is 3.80. The number of hydrogen-bond donors (Lipinski definition) is 5. The Morgan fingerprint density at radius 3 is 2.44 bits per heavy atom. The molecule has 1 fully saturated rings. The summed E-state index contributed by atoms with van der Waals surface area (Å²) in [6, 6.07) is 13.6. The Hall–Kier alpha value is -4.41. The second kappa shape index (κ2) is 10.0. The minimum Gasteiger partial charge on any atom is -0.490 e. The van der Waals surface area contributed by atoms with E-state index in [1.165, 1.54) is 16.7 Å². The number of pyridine rings is 1. The molecule has 4 aromatic rings. The van der Waals surface area contributed by atoms with Crippen LogP contribution in [-0.2, 0) is 19.2 Å². The van der Waals surface area contributed by atoms with Crippen LogP contribution in [0.4, 0.5) is 0 Å². The predicted octanol–water partition coefficient (Wildman–Crippen LogP) is 3.35. The third kappa shape index (κ3) is 5.43. The van der Waals surface area contributed by atoms with Crippen LogP contribution in [-0.4, -0.2) is 37.8 Å². The van der Waals surface area contributed by atoms with Gasteiger partial charge in [-0.2, -0.15) is 0 Å². The summed E-state index contributed by atoms with van der Waals surface area (Å²) in [5.74, 6) is -0.383. The average Bonchev–Trinajstić information content (AvgIpc) is 3.62. The van der Waals surface area contributed by atoms with Gasteiger partial charge in [0.25, 0.3) is 17.4 Å². The number of carbonyl (C=O) groups is 2. The van der Waals surface area contributed by atoms with Gasteiger partial charge in [-0.15, -0.1) is 0 Å². The van der Waals surface area contributed by atoms with Gasteiger partial charge in [0.15, 0.2) is 0 Å². The molecule has 1 aliphatic rings. The fourth-order valence-electron chi connectivity index (χ4n) is 4.38. The van der Waals surface area contributed by atoms with Gasteiger partial charge in [0.1, 0.15) is 17.0 Å². The molecule has 10 heteroatoms. The van der Waals surface area contributed by atoms with E-state index in [1.807, 2.05) is 18.2 Å². The lowest BCUT2D eigenvalue weighted by atomic mass is 9.93. The summed E-state index contributed by atoms with van der Waals surface area (Å²) in [6.45, 7) is 3.60. The monoisotopic (exact) mass is 530 g/mol. The van der Waals surface area contributed by atoms with Gasteiger partial charge in [0, 0.05) is 41.9 Å². The first-order valence-corrected chi connectivity index (χ1v) is 12.6. The van der Waals surface area contributed by atoms with Gasteiger partial charge in [-0.25, -0.2) is 5.48 Å². The van der Waals surface area contributed by atoms with Crippen molar-refractivity contribution in [3.63, 3.8) is 0 Å². The molecule has 1 saturated carbocycles. The number of carbonyl (C=O) groups excluding carboxylic acids is 2. The number of aliphatic hydroxyl groups is 1. The smallest absolute Gasteiger partial charge is 0.274 e. The second-order valence-corrected chi connectivity index (χ2v) is 10.3. The Bertz CT molecular complexity index is 1620. The van der Waals surface area contributed by atoms with Gasteiger partial charge >= 0.3 is 0 Å². The van der Waals surface area contributed by atoms with Crippen LogP contribution in [0, 0.1) is 0 Å². The zero-order valence-electron chi connectivity index (χ0n) is 21.9. The molecule has 10 nitrogen and oxygen atoms in total. The van der Waals surface area contributed by atoms with Crippen molar-refractivity contribution in [1.82, 2.24) is 20.3 Å². The van der Waals surface area contributed by atoms with Crippen LogP contribution in [0.2, 0.25) is 0 Å². The van der Waals surface area contributed by atoms with Crippen LogP contribution in [0.3, 0.4) is 0 Å². The van der Waals surface area contributed by atoms with E-state index >= 15 is 0 Å². The molecular formula is C29H30N4O6. The molecule has 2 amide bonds. The summed E-state index contributed by atoms with van der Waals surface area (Å²) in [4.78, 5) is 40.6. The summed E-state index contributed by atoms with van der Waals surface area (Å²) in [5, 5.41) is 22.8. The zero-order chi connectivity index (χ0) is 27.9. The molecule has 0 radical (unpaired) electrons. The minimum absolute atomic E-state index is 0.138. The summed E-state index contributed by atoms with van der Waals surface area (Å²) >= 11 is 0. The van der Waals surface area contributed by atoms with Crippen LogP contribution in [0.15, 0.2) is 59.5 Å². The van der Waals surface area contributed by atoms with Gasteiger partial charge in [-0.05, 0) is 68.1 Å². The Morgan fingerprint density at radius 1 is 1.08 bits per heavy atom. The average molecular weight is 531 g/mol. The third-order valence-corrected chi connectivity index (χ3v) is 6.77. The predicted molar refractivity (Wildman–Crippen MR) is 145 cm³/mol. The maximum Gasteiger partial charge on any atom is 0.274 e. The first kappa shape index (κ1) is 26.2. The largest absolute Gasteiger partial charge is 0.490 e. The molecule has 5 N–H and O–H groups in total. The molecule has 0 unspecified atom stereocenters. The molecule has 0 spiro atoms. The number of aromatic nitrogens is 2. The van der Waals surface area contributed by atoms with Crippen molar-refractivity contribution < 1.29 is 24.6 Å². The van der Waals surface area contributed by atoms with Gasteiger partial charge in [-0.1, -0.05) is 18.2 Å².